The van der Waals surface area contributed by atoms with Crippen molar-refractivity contribution in [1.82, 2.24) is 19.5 Å². The van der Waals surface area contributed by atoms with Gasteiger partial charge in [-0.2, -0.15) is 0 Å². The monoisotopic (exact) mass is 211 g/mol. The van der Waals surface area contributed by atoms with Gasteiger partial charge in [-0.05, 0) is 6.92 Å². The van der Waals surface area contributed by atoms with Crippen LogP contribution in [0.3, 0.4) is 0 Å². The third kappa shape index (κ3) is 1.34. The Morgan fingerprint density at radius 1 is 1.50 bits per heavy atom. The molecule has 0 saturated heterocycles. The van der Waals surface area contributed by atoms with Crippen molar-refractivity contribution in [3.05, 3.63) is 17.8 Å². The summed E-state index contributed by atoms with van der Waals surface area (Å²) >= 11 is 5.86. The van der Waals surface area contributed by atoms with Crippen molar-refractivity contribution < 1.29 is 0 Å². The Kier molecular flexibility index (Phi) is 2.35. The van der Waals surface area contributed by atoms with E-state index in [-0.39, 0.29) is 6.04 Å². The molecule has 5 nitrogen and oxygen atoms in total. The van der Waals surface area contributed by atoms with E-state index < -0.39 is 0 Å². The zero-order chi connectivity index (χ0) is 10.1. The predicted octanol–water partition coefficient (Wildman–Crippen LogP) is 0.999. The highest BCUT2D eigenvalue weighted by atomic mass is 35.5. The molecule has 0 fully saturated rings. The molecule has 1 atom stereocenters. The number of nitrogens with two attached hydrogens (primary N) is 1. The van der Waals surface area contributed by atoms with Crippen molar-refractivity contribution >= 4 is 22.8 Å². The van der Waals surface area contributed by atoms with Crippen LogP contribution in [-0.2, 0) is 0 Å². The molecule has 2 heterocycles. The van der Waals surface area contributed by atoms with E-state index in [0.29, 0.717) is 17.2 Å². The van der Waals surface area contributed by atoms with Crippen LogP contribution in [0, 0.1) is 0 Å². The molecule has 2 N–H and O–H groups in total. The van der Waals surface area contributed by atoms with Crippen LogP contribution in [0.5, 0.6) is 0 Å². The number of hydrogen-bond acceptors (Lipinski definition) is 4. The number of fused-ring (bicyclic) bond motifs is 1. The van der Waals surface area contributed by atoms with Crippen molar-refractivity contribution in [3.63, 3.8) is 0 Å². The fourth-order valence-corrected chi connectivity index (χ4v) is 1.44. The van der Waals surface area contributed by atoms with Gasteiger partial charge in [-0.15, -0.1) is 0 Å². The lowest BCUT2D eigenvalue weighted by atomic mass is 10.3. The van der Waals surface area contributed by atoms with E-state index in [2.05, 4.69) is 15.0 Å². The van der Waals surface area contributed by atoms with E-state index >= 15 is 0 Å². The van der Waals surface area contributed by atoms with Crippen molar-refractivity contribution in [2.24, 2.45) is 5.73 Å². The molecule has 0 radical (unpaired) electrons. The zero-order valence-electron chi connectivity index (χ0n) is 7.68. The summed E-state index contributed by atoms with van der Waals surface area (Å²) in [6.45, 7) is 2.53. The maximum absolute atomic E-state index is 5.86. The van der Waals surface area contributed by atoms with Crippen LogP contribution in [-0.4, -0.2) is 26.1 Å². The number of nitrogens with zero attached hydrogens (tertiary/aromatic N) is 4. The summed E-state index contributed by atoms with van der Waals surface area (Å²) in [6, 6.07) is 0.158. The largest absolute Gasteiger partial charge is 0.328 e. The van der Waals surface area contributed by atoms with Gasteiger partial charge in [0, 0.05) is 12.6 Å². The van der Waals surface area contributed by atoms with Crippen LogP contribution in [0.25, 0.3) is 11.2 Å². The SMILES string of the molecule is C[C@H](CN)n1cnc2c(Cl)ncnc21. The van der Waals surface area contributed by atoms with Crippen molar-refractivity contribution in [2.45, 2.75) is 13.0 Å². The quantitative estimate of drug-likeness (QED) is 0.753. The van der Waals surface area contributed by atoms with E-state index in [1.165, 1.54) is 6.33 Å². The van der Waals surface area contributed by atoms with Gasteiger partial charge in [0.2, 0.25) is 0 Å². The van der Waals surface area contributed by atoms with Crippen LogP contribution >= 0.6 is 11.6 Å². The molecule has 0 aliphatic heterocycles. The number of halogens is 1. The fourth-order valence-electron chi connectivity index (χ4n) is 1.26. The van der Waals surface area contributed by atoms with Gasteiger partial charge < -0.3 is 10.3 Å². The number of aromatic nitrogens is 4. The Bertz CT molecular complexity index is 452. The third-order valence-electron chi connectivity index (χ3n) is 2.13. The number of rotatable bonds is 2. The standard InChI is InChI=1S/C8H10ClN5/c1-5(2-10)14-4-13-6-7(9)11-3-12-8(6)14/h3-5H,2,10H2,1H3/t5-/m1/s1. The molecule has 0 spiro atoms. The lowest BCUT2D eigenvalue weighted by Gasteiger charge is -2.09. The summed E-state index contributed by atoms with van der Waals surface area (Å²) in [7, 11) is 0. The molecule has 0 unspecified atom stereocenters. The van der Waals surface area contributed by atoms with Gasteiger partial charge in [-0.3, -0.25) is 0 Å². The predicted molar refractivity (Wildman–Crippen MR) is 54.1 cm³/mol. The van der Waals surface area contributed by atoms with E-state index in [1.807, 2.05) is 11.5 Å². The minimum Gasteiger partial charge on any atom is -0.328 e. The highest BCUT2D eigenvalue weighted by molar-refractivity contribution is 6.33. The van der Waals surface area contributed by atoms with Crippen LogP contribution in [0.2, 0.25) is 5.15 Å². The summed E-state index contributed by atoms with van der Waals surface area (Å²) in [5.41, 5.74) is 6.91. The van der Waals surface area contributed by atoms with Gasteiger partial charge in [0.1, 0.15) is 11.8 Å². The van der Waals surface area contributed by atoms with Crippen LogP contribution < -0.4 is 5.73 Å². The summed E-state index contributed by atoms with van der Waals surface area (Å²) < 4.78 is 1.89. The second-order valence-corrected chi connectivity index (χ2v) is 3.43. The van der Waals surface area contributed by atoms with E-state index in [0.717, 1.165) is 5.65 Å². The Labute approximate surface area is 85.9 Å². The number of imidazole rings is 1. The third-order valence-corrected chi connectivity index (χ3v) is 2.41. The van der Waals surface area contributed by atoms with Gasteiger partial charge in [0.25, 0.3) is 0 Å². The highest BCUT2D eigenvalue weighted by Crippen LogP contribution is 2.19. The van der Waals surface area contributed by atoms with Crippen molar-refractivity contribution in [1.29, 1.82) is 0 Å². The summed E-state index contributed by atoms with van der Waals surface area (Å²) in [5.74, 6) is 0. The first kappa shape index (κ1) is 9.36. The van der Waals surface area contributed by atoms with Gasteiger partial charge in [0.05, 0.1) is 6.33 Å². The first-order valence-electron chi connectivity index (χ1n) is 4.27. The molecular formula is C8H10ClN5. The zero-order valence-corrected chi connectivity index (χ0v) is 8.44. The van der Waals surface area contributed by atoms with Crippen molar-refractivity contribution in [2.75, 3.05) is 6.54 Å². The van der Waals surface area contributed by atoms with Gasteiger partial charge in [0.15, 0.2) is 10.8 Å². The molecule has 2 aromatic heterocycles. The second kappa shape index (κ2) is 3.51. The van der Waals surface area contributed by atoms with Gasteiger partial charge >= 0.3 is 0 Å². The summed E-state index contributed by atoms with van der Waals surface area (Å²) in [5, 5.41) is 0.373. The molecule has 0 aliphatic carbocycles. The molecule has 74 valence electrons. The Morgan fingerprint density at radius 2 is 2.29 bits per heavy atom. The van der Waals surface area contributed by atoms with E-state index in [4.69, 9.17) is 17.3 Å². The number of hydrogen-bond donors (Lipinski definition) is 1. The molecule has 0 bridgehead atoms. The fraction of sp³-hybridized carbons (Fsp3) is 0.375. The average molecular weight is 212 g/mol. The van der Waals surface area contributed by atoms with Gasteiger partial charge in [-0.25, -0.2) is 15.0 Å². The average Bonchev–Trinajstić information content (AvgIpc) is 2.62. The molecule has 6 heteroatoms. The van der Waals surface area contributed by atoms with E-state index in [1.54, 1.807) is 6.33 Å². The van der Waals surface area contributed by atoms with Crippen LogP contribution in [0.15, 0.2) is 12.7 Å². The molecule has 2 rings (SSSR count). The molecule has 0 amide bonds. The van der Waals surface area contributed by atoms with Crippen LogP contribution in [0.4, 0.5) is 0 Å². The molecule has 14 heavy (non-hydrogen) atoms. The Balaban J connectivity index is 2.63. The Morgan fingerprint density at radius 3 is 3.00 bits per heavy atom. The molecule has 2 aromatic rings. The molecular weight excluding hydrogens is 202 g/mol. The summed E-state index contributed by atoms with van der Waals surface area (Å²) in [6.07, 6.45) is 3.11. The first-order chi connectivity index (χ1) is 6.74. The topological polar surface area (TPSA) is 69.6 Å². The second-order valence-electron chi connectivity index (χ2n) is 3.07. The van der Waals surface area contributed by atoms with Crippen molar-refractivity contribution in [3.8, 4) is 0 Å². The maximum atomic E-state index is 5.86. The lowest BCUT2D eigenvalue weighted by Crippen LogP contribution is -2.15. The Hall–Kier alpha value is -1.20. The smallest absolute Gasteiger partial charge is 0.165 e. The highest BCUT2D eigenvalue weighted by Gasteiger charge is 2.11. The minimum absolute atomic E-state index is 0.158. The normalized spacial score (nSPS) is 13.4. The van der Waals surface area contributed by atoms with E-state index in [9.17, 15) is 0 Å². The maximum Gasteiger partial charge on any atom is 0.165 e. The lowest BCUT2D eigenvalue weighted by molar-refractivity contribution is 0.569. The van der Waals surface area contributed by atoms with Crippen LogP contribution in [0.1, 0.15) is 13.0 Å². The first-order valence-corrected chi connectivity index (χ1v) is 4.65. The minimum atomic E-state index is 0.158. The molecule has 0 aliphatic rings. The summed E-state index contributed by atoms with van der Waals surface area (Å²) in [4.78, 5) is 12.1. The molecule has 0 saturated carbocycles. The van der Waals surface area contributed by atoms with Gasteiger partial charge in [-0.1, -0.05) is 11.6 Å². The molecule has 0 aromatic carbocycles.